The van der Waals surface area contributed by atoms with Crippen LogP contribution in [0.1, 0.15) is 30.2 Å². The number of ether oxygens (including phenoxy) is 1. The van der Waals surface area contributed by atoms with Crippen LogP contribution in [0.25, 0.3) is 5.52 Å². The molecule has 5 nitrogen and oxygen atoms in total. The Morgan fingerprint density at radius 3 is 2.70 bits per heavy atom. The van der Waals surface area contributed by atoms with Gasteiger partial charge in [0.1, 0.15) is 11.6 Å². The molecule has 0 spiro atoms. The monoisotopic (exact) mass is 309 g/mol. The van der Waals surface area contributed by atoms with Crippen molar-refractivity contribution < 1.29 is 9.53 Å². The Kier molecular flexibility index (Phi) is 4.02. The zero-order chi connectivity index (χ0) is 16.4. The highest BCUT2D eigenvalue weighted by Crippen LogP contribution is 2.26. The number of amides is 1. The number of pyridine rings is 1. The van der Waals surface area contributed by atoms with Crippen molar-refractivity contribution in [3.05, 3.63) is 60.2 Å². The quantitative estimate of drug-likeness (QED) is 0.800. The van der Waals surface area contributed by atoms with Gasteiger partial charge in [-0.25, -0.2) is 4.98 Å². The molecule has 2 aromatic heterocycles. The molecule has 1 N–H and O–H groups in total. The molecule has 0 saturated carbocycles. The average molecular weight is 309 g/mol. The van der Waals surface area contributed by atoms with Gasteiger partial charge in [0.15, 0.2) is 5.69 Å². The molecule has 1 aromatic carbocycles. The van der Waals surface area contributed by atoms with E-state index in [0.717, 1.165) is 11.3 Å². The van der Waals surface area contributed by atoms with Crippen molar-refractivity contribution >= 4 is 17.1 Å². The number of carbonyl (C=O) groups excluding carboxylic acids is 1. The van der Waals surface area contributed by atoms with E-state index >= 15 is 0 Å². The fourth-order valence-corrected chi connectivity index (χ4v) is 2.47. The Balaban J connectivity index is 1.93. The molecule has 0 aliphatic rings. The van der Waals surface area contributed by atoms with Crippen LogP contribution in [0, 0.1) is 6.92 Å². The number of hydrogen-bond donors (Lipinski definition) is 1. The van der Waals surface area contributed by atoms with Crippen molar-refractivity contribution in [1.29, 1.82) is 0 Å². The van der Waals surface area contributed by atoms with Crippen LogP contribution in [0.4, 0.5) is 5.69 Å². The number of hydrogen-bond acceptors (Lipinski definition) is 3. The summed E-state index contributed by atoms with van der Waals surface area (Å²) in [7, 11) is 0. The second-order valence-electron chi connectivity index (χ2n) is 5.58. The largest absolute Gasteiger partial charge is 0.489 e. The van der Waals surface area contributed by atoms with Gasteiger partial charge in [0.25, 0.3) is 5.91 Å². The number of fused-ring (bicyclic) bond motifs is 1. The van der Waals surface area contributed by atoms with Gasteiger partial charge in [-0.2, -0.15) is 0 Å². The van der Waals surface area contributed by atoms with Crippen LogP contribution in [0.3, 0.4) is 0 Å². The number of anilines is 1. The first-order chi connectivity index (χ1) is 11.1. The summed E-state index contributed by atoms with van der Waals surface area (Å²) in [6.07, 6.45) is 1.92. The number of rotatable bonds is 4. The molecule has 0 aliphatic carbocycles. The van der Waals surface area contributed by atoms with Crippen molar-refractivity contribution in [3.63, 3.8) is 0 Å². The van der Waals surface area contributed by atoms with Gasteiger partial charge < -0.3 is 14.5 Å². The lowest BCUT2D eigenvalue weighted by atomic mass is 10.2. The van der Waals surface area contributed by atoms with Crippen molar-refractivity contribution in [2.24, 2.45) is 0 Å². The normalized spacial score (nSPS) is 11.0. The molecule has 5 heteroatoms. The third-order valence-electron chi connectivity index (χ3n) is 3.44. The fourth-order valence-electron chi connectivity index (χ4n) is 2.47. The van der Waals surface area contributed by atoms with Crippen LogP contribution in [-0.2, 0) is 0 Å². The van der Waals surface area contributed by atoms with Crippen molar-refractivity contribution in [3.8, 4) is 5.75 Å². The molecule has 0 aliphatic heterocycles. The van der Waals surface area contributed by atoms with Gasteiger partial charge >= 0.3 is 0 Å². The van der Waals surface area contributed by atoms with Crippen LogP contribution in [0.5, 0.6) is 5.75 Å². The summed E-state index contributed by atoms with van der Waals surface area (Å²) in [4.78, 5) is 17.0. The summed E-state index contributed by atoms with van der Waals surface area (Å²) in [5.41, 5.74) is 1.83. The maximum Gasteiger partial charge on any atom is 0.276 e. The molecule has 0 fully saturated rings. The molecule has 1 amide bonds. The highest BCUT2D eigenvalue weighted by Gasteiger charge is 2.17. The van der Waals surface area contributed by atoms with Gasteiger partial charge in [-0.1, -0.05) is 18.2 Å². The lowest BCUT2D eigenvalue weighted by molar-refractivity contribution is 0.102. The molecule has 0 saturated heterocycles. The Bertz CT molecular complexity index is 852. The van der Waals surface area contributed by atoms with Gasteiger partial charge in [0.2, 0.25) is 0 Å². The van der Waals surface area contributed by atoms with Gasteiger partial charge in [-0.3, -0.25) is 4.79 Å². The Hall–Kier alpha value is -2.82. The molecule has 23 heavy (non-hydrogen) atoms. The molecule has 3 rings (SSSR count). The van der Waals surface area contributed by atoms with Crippen molar-refractivity contribution in [2.45, 2.75) is 26.9 Å². The molecule has 0 radical (unpaired) electrons. The van der Waals surface area contributed by atoms with Gasteiger partial charge in [0.05, 0.1) is 17.3 Å². The van der Waals surface area contributed by atoms with Gasteiger partial charge in [0, 0.05) is 6.20 Å². The summed E-state index contributed by atoms with van der Waals surface area (Å²) < 4.78 is 7.63. The van der Waals surface area contributed by atoms with E-state index in [0.29, 0.717) is 17.1 Å². The topological polar surface area (TPSA) is 55.6 Å². The summed E-state index contributed by atoms with van der Waals surface area (Å²) >= 11 is 0. The van der Waals surface area contributed by atoms with E-state index in [9.17, 15) is 4.79 Å². The summed E-state index contributed by atoms with van der Waals surface area (Å²) in [6.45, 7) is 5.77. The van der Waals surface area contributed by atoms with Crippen LogP contribution in [0.15, 0.2) is 48.7 Å². The molecule has 3 aromatic rings. The Morgan fingerprint density at radius 2 is 1.91 bits per heavy atom. The lowest BCUT2D eigenvalue weighted by Gasteiger charge is -2.14. The number of imidazole rings is 1. The maximum atomic E-state index is 12.6. The number of aromatic nitrogens is 2. The summed E-state index contributed by atoms with van der Waals surface area (Å²) in [5.74, 6) is 1.18. The van der Waals surface area contributed by atoms with E-state index in [-0.39, 0.29) is 12.0 Å². The number of para-hydroxylation sites is 2. The minimum absolute atomic E-state index is 0.0312. The van der Waals surface area contributed by atoms with Crippen LogP contribution >= 0.6 is 0 Å². The van der Waals surface area contributed by atoms with E-state index < -0.39 is 0 Å². The second kappa shape index (κ2) is 6.12. The molecule has 118 valence electrons. The predicted molar refractivity (Wildman–Crippen MR) is 90.1 cm³/mol. The number of aryl methyl sites for hydroxylation is 1. The number of benzene rings is 1. The van der Waals surface area contributed by atoms with E-state index in [1.54, 1.807) is 0 Å². The van der Waals surface area contributed by atoms with Gasteiger partial charge in [-0.15, -0.1) is 0 Å². The third kappa shape index (κ3) is 3.04. The van der Waals surface area contributed by atoms with Crippen molar-refractivity contribution in [2.75, 3.05) is 5.32 Å². The standard InChI is InChI=1S/C18H19N3O2/c1-12(2)23-16-10-5-4-8-14(16)20-18(22)17-15-9-6-7-11-21(15)13(3)19-17/h4-12H,1-3H3,(H,20,22). The Labute approximate surface area is 134 Å². The molecule has 2 heterocycles. The van der Waals surface area contributed by atoms with E-state index in [1.807, 2.05) is 73.8 Å². The van der Waals surface area contributed by atoms with Gasteiger partial charge in [-0.05, 0) is 45.0 Å². The molecular formula is C18H19N3O2. The number of nitrogens with zero attached hydrogens (tertiary/aromatic N) is 2. The van der Waals surface area contributed by atoms with E-state index in [4.69, 9.17) is 4.74 Å². The predicted octanol–water partition coefficient (Wildman–Crippen LogP) is 3.68. The highest BCUT2D eigenvalue weighted by molar-refractivity contribution is 6.08. The molecule has 0 atom stereocenters. The highest BCUT2D eigenvalue weighted by atomic mass is 16.5. The van der Waals surface area contributed by atoms with Crippen LogP contribution in [0.2, 0.25) is 0 Å². The first-order valence-corrected chi connectivity index (χ1v) is 7.57. The fraction of sp³-hybridized carbons (Fsp3) is 0.222. The smallest absolute Gasteiger partial charge is 0.276 e. The first-order valence-electron chi connectivity index (χ1n) is 7.57. The van der Waals surface area contributed by atoms with Crippen molar-refractivity contribution in [1.82, 2.24) is 9.38 Å². The molecule has 0 unspecified atom stereocenters. The minimum atomic E-state index is -0.249. The van der Waals surface area contributed by atoms with Crippen LogP contribution < -0.4 is 10.1 Å². The number of nitrogens with one attached hydrogen (secondary N) is 1. The second-order valence-corrected chi connectivity index (χ2v) is 5.58. The van der Waals surface area contributed by atoms with E-state index in [2.05, 4.69) is 10.3 Å². The molecular weight excluding hydrogens is 290 g/mol. The first kappa shape index (κ1) is 15.1. The third-order valence-corrected chi connectivity index (χ3v) is 3.44. The average Bonchev–Trinajstić information content (AvgIpc) is 2.86. The zero-order valence-electron chi connectivity index (χ0n) is 13.4. The lowest BCUT2D eigenvalue weighted by Crippen LogP contribution is -2.15. The zero-order valence-corrected chi connectivity index (χ0v) is 13.4. The maximum absolute atomic E-state index is 12.6. The van der Waals surface area contributed by atoms with Crippen LogP contribution in [-0.4, -0.2) is 21.4 Å². The minimum Gasteiger partial charge on any atom is -0.489 e. The summed E-state index contributed by atoms with van der Waals surface area (Å²) in [6, 6.07) is 13.1. The summed E-state index contributed by atoms with van der Waals surface area (Å²) in [5, 5.41) is 2.90. The number of carbonyl (C=O) groups is 1. The SMILES string of the molecule is Cc1nc(C(=O)Nc2ccccc2OC(C)C)c2ccccn12. The Morgan fingerprint density at radius 1 is 1.17 bits per heavy atom. The van der Waals surface area contributed by atoms with E-state index in [1.165, 1.54) is 0 Å². The molecule has 0 bridgehead atoms.